The Bertz CT molecular complexity index is 769. The molecular formula is C19H25F2N3O4. The van der Waals surface area contributed by atoms with E-state index in [2.05, 4.69) is 10.6 Å². The van der Waals surface area contributed by atoms with Gasteiger partial charge in [-0.15, -0.1) is 0 Å². The lowest BCUT2D eigenvalue weighted by Gasteiger charge is -2.31. The number of rotatable bonds is 4. The molecule has 2 fully saturated rings. The molecule has 1 aliphatic heterocycles. The Hall–Kier alpha value is -2.42. The molecule has 0 unspecified atom stereocenters. The highest BCUT2D eigenvalue weighted by Crippen LogP contribution is 2.38. The number of nitrogens with zero attached hydrogens (tertiary/aromatic N) is 1. The van der Waals surface area contributed by atoms with Crippen molar-refractivity contribution >= 4 is 23.4 Å². The Morgan fingerprint density at radius 2 is 1.75 bits per heavy atom. The highest BCUT2D eigenvalue weighted by atomic mass is 19.2. The minimum absolute atomic E-state index is 0.123. The van der Waals surface area contributed by atoms with Gasteiger partial charge < -0.3 is 25.0 Å². The first-order valence-corrected chi connectivity index (χ1v) is 9.24. The monoisotopic (exact) mass is 397 g/mol. The Kier molecular flexibility index (Phi) is 5.47. The lowest BCUT2D eigenvalue weighted by atomic mass is 10.2. The fourth-order valence-electron chi connectivity index (χ4n) is 2.95. The van der Waals surface area contributed by atoms with Gasteiger partial charge in [0.2, 0.25) is 0 Å². The summed E-state index contributed by atoms with van der Waals surface area (Å²) in [6.07, 6.45) is 0.923. The van der Waals surface area contributed by atoms with Crippen molar-refractivity contribution < 1.29 is 27.8 Å². The maximum absolute atomic E-state index is 13.8. The number of esters is 1. The molecule has 3 rings (SSSR count). The van der Waals surface area contributed by atoms with Crippen LogP contribution in [0.1, 0.15) is 33.6 Å². The van der Waals surface area contributed by atoms with Gasteiger partial charge in [0.1, 0.15) is 11.1 Å². The molecule has 0 atom stereocenters. The topological polar surface area (TPSA) is 79.9 Å². The largest absolute Gasteiger partial charge is 0.458 e. The normalized spacial score (nSPS) is 18.4. The molecule has 1 saturated heterocycles. The summed E-state index contributed by atoms with van der Waals surface area (Å²) in [4.78, 5) is 26.6. The van der Waals surface area contributed by atoms with E-state index in [-0.39, 0.29) is 5.69 Å². The van der Waals surface area contributed by atoms with Crippen molar-refractivity contribution in [2.24, 2.45) is 0 Å². The molecule has 1 saturated carbocycles. The van der Waals surface area contributed by atoms with Crippen molar-refractivity contribution in [3.8, 4) is 0 Å². The van der Waals surface area contributed by atoms with Crippen LogP contribution in [0.25, 0.3) is 0 Å². The first-order chi connectivity index (χ1) is 13.1. The summed E-state index contributed by atoms with van der Waals surface area (Å²) in [7, 11) is 0. The van der Waals surface area contributed by atoms with Gasteiger partial charge in [-0.25, -0.2) is 18.4 Å². The average Bonchev–Trinajstić information content (AvgIpc) is 3.38. The van der Waals surface area contributed by atoms with E-state index < -0.39 is 34.8 Å². The number of hydrogen-bond donors (Lipinski definition) is 2. The maximum atomic E-state index is 13.8. The number of ether oxygens (including phenoxy) is 2. The van der Waals surface area contributed by atoms with Crippen LogP contribution in [0.3, 0.4) is 0 Å². The van der Waals surface area contributed by atoms with Crippen molar-refractivity contribution in [2.75, 3.05) is 36.5 Å². The average molecular weight is 397 g/mol. The van der Waals surface area contributed by atoms with Gasteiger partial charge in [-0.1, -0.05) is 0 Å². The molecule has 1 aromatic rings. The predicted molar refractivity (Wildman–Crippen MR) is 99.4 cm³/mol. The van der Waals surface area contributed by atoms with Gasteiger partial charge in [-0.3, -0.25) is 0 Å². The number of carbonyl (C=O) groups excluding carboxylic acids is 2. The van der Waals surface area contributed by atoms with Crippen LogP contribution in [0.5, 0.6) is 0 Å². The lowest BCUT2D eigenvalue weighted by molar-refractivity contribution is -0.158. The molecule has 9 heteroatoms. The number of nitrogens with one attached hydrogen (secondary N) is 2. The van der Waals surface area contributed by atoms with Crippen molar-refractivity contribution in [2.45, 2.75) is 44.8 Å². The third-order valence-corrected chi connectivity index (χ3v) is 4.53. The van der Waals surface area contributed by atoms with E-state index in [9.17, 15) is 18.4 Å². The smallest absolute Gasteiger partial charge is 0.332 e. The van der Waals surface area contributed by atoms with Crippen LogP contribution in [-0.2, 0) is 14.3 Å². The molecule has 7 nitrogen and oxygen atoms in total. The van der Waals surface area contributed by atoms with Gasteiger partial charge in [-0.2, -0.15) is 0 Å². The summed E-state index contributed by atoms with van der Waals surface area (Å²) in [5.41, 5.74) is -1.26. The highest BCUT2D eigenvalue weighted by molar-refractivity contribution is 5.98. The minimum Gasteiger partial charge on any atom is -0.458 e. The molecule has 0 radical (unpaired) electrons. The number of amides is 2. The lowest BCUT2D eigenvalue weighted by Crippen LogP contribution is -2.48. The van der Waals surface area contributed by atoms with Gasteiger partial charge >= 0.3 is 12.0 Å². The first kappa shape index (κ1) is 20.3. The molecule has 0 spiro atoms. The standard InChI is InChI=1S/C19H25F2N3O4/c1-18(2,3)28-16(25)19(4-5-19)23-17(26)22-14-10-12(20)13(21)11-15(14)24-6-8-27-9-7-24/h10-11H,4-9H2,1-3H3,(H2,22,23,26). The van der Waals surface area contributed by atoms with Gasteiger partial charge in [0.15, 0.2) is 11.6 Å². The Morgan fingerprint density at radius 1 is 1.14 bits per heavy atom. The predicted octanol–water partition coefficient (Wildman–Crippen LogP) is 2.80. The molecule has 0 aromatic heterocycles. The van der Waals surface area contributed by atoms with E-state index in [4.69, 9.17) is 9.47 Å². The molecule has 2 N–H and O–H groups in total. The summed E-state index contributed by atoms with van der Waals surface area (Å²) < 4.78 is 38.2. The summed E-state index contributed by atoms with van der Waals surface area (Å²) >= 11 is 0. The van der Waals surface area contributed by atoms with Crippen LogP contribution < -0.4 is 15.5 Å². The fourth-order valence-corrected chi connectivity index (χ4v) is 2.95. The maximum Gasteiger partial charge on any atom is 0.332 e. The van der Waals surface area contributed by atoms with Crippen LogP contribution in [-0.4, -0.2) is 49.4 Å². The molecule has 1 heterocycles. The summed E-state index contributed by atoms with van der Waals surface area (Å²) in [6.45, 7) is 7.12. The SMILES string of the molecule is CC(C)(C)OC(=O)C1(NC(=O)Nc2cc(F)c(F)cc2N2CCOCC2)CC1. The summed E-state index contributed by atoms with van der Waals surface area (Å²) in [5.74, 6) is -2.57. The second kappa shape index (κ2) is 7.54. The zero-order valence-corrected chi connectivity index (χ0v) is 16.2. The van der Waals surface area contributed by atoms with E-state index >= 15 is 0 Å². The van der Waals surface area contributed by atoms with Crippen LogP contribution >= 0.6 is 0 Å². The number of benzene rings is 1. The van der Waals surface area contributed by atoms with E-state index in [1.807, 2.05) is 4.90 Å². The fraction of sp³-hybridized carbons (Fsp3) is 0.579. The van der Waals surface area contributed by atoms with Gasteiger partial charge in [0, 0.05) is 25.2 Å². The highest BCUT2D eigenvalue weighted by Gasteiger charge is 2.53. The van der Waals surface area contributed by atoms with E-state index in [1.54, 1.807) is 20.8 Å². The first-order valence-electron chi connectivity index (χ1n) is 9.24. The molecule has 28 heavy (non-hydrogen) atoms. The Labute approximate surface area is 162 Å². The van der Waals surface area contributed by atoms with Gasteiger partial charge in [0.05, 0.1) is 24.6 Å². The quantitative estimate of drug-likeness (QED) is 0.764. The molecule has 2 aliphatic rings. The van der Waals surface area contributed by atoms with Crippen LogP contribution in [0.15, 0.2) is 12.1 Å². The number of carbonyl (C=O) groups is 2. The molecule has 1 aromatic carbocycles. The number of morpholine rings is 1. The van der Waals surface area contributed by atoms with E-state index in [0.717, 1.165) is 12.1 Å². The second-order valence-corrected chi connectivity index (χ2v) is 8.05. The molecular weight excluding hydrogens is 372 g/mol. The number of halogens is 2. The second-order valence-electron chi connectivity index (χ2n) is 8.05. The van der Waals surface area contributed by atoms with Crippen molar-refractivity contribution in [1.29, 1.82) is 0 Å². The van der Waals surface area contributed by atoms with Gasteiger partial charge in [0.25, 0.3) is 0 Å². The number of hydrogen-bond acceptors (Lipinski definition) is 5. The third kappa shape index (κ3) is 4.70. The van der Waals surface area contributed by atoms with E-state index in [0.29, 0.717) is 44.8 Å². The Morgan fingerprint density at radius 3 is 2.32 bits per heavy atom. The van der Waals surface area contributed by atoms with E-state index in [1.165, 1.54) is 0 Å². The molecule has 154 valence electrons. The number of urea groups is 1. The van der Waals surface area contributed by atoms with Crippen LogP contribution in [0.4, 0.5) is 25.0 Å². The van der Waals surface area contributed by atoms with Crippen molar-refractivity contribution in [3.63, 3.8) is 0 Å². The summed E-state index contributed by atoms with van der Waals surface area (Å²) in [5, 5.41) is 5.16. The van der Waals surface area contributed by atoms with Gasteiger partial charge in [-0.05, 0) is 33.6 Å². The Balaban J connectivity index is 1.73. The van der Waals surface area contributed by atoms with Crippen molar-refractivity contribution in [3.05, 3.63) is 23.8 Å². The number of anilines is 2. The molecule has 1 aliphatic carbocycles. The zero-order chi connectivity index (χ0) is 20.5. The minimum atomic E-state index is -1.07. The molecule has 0 bridgehead atoms. The summed E-state index contributed by atoms with van der Waals surface area (Å²) in [6, 6.07) is 1.31. The molecule has 2 amide bonds. The van der Waals surface area contributed by atoms with Crippen LogP contribution in [0.2, 0.25) is 0 Å². The zero-order valence-electron chi connectivity index (χ0n) is 16.2. The van der Waals surface area contributed by atoms with Crippen LogP contribution in [0, 0.1) is 11.6 Å². The van der Waals surface area contributed by atoms with Crippen molar-refractivity contribution in [1.82, 2.24) is 5.32 Å². The third-order valence-electron chi connectivity index (χ3n) is 4.53.